The molecular formula is C20H24N4O5S. The molecule has 0 saturated carbocycles. The number of H-pyrrole nitrogens is 1. The maximum absolute atomic E-state index is 12.6. The van der Waals surface area contributed by atoms with E-state index in [-0.39, 0.29) is 16.5 Å². The maximum Gasteiger partial charge on any atom is 0.272 e. The smallest absolute Gasteiger partial charge is 0.272 e. The number of nitrogens with zero attached hydrogens (tertiary/aromatic N) is 1. The van der Waals surface area contributed by atoms with Crippen LogP contribution in [0.4, 0.5) is 11.4 Å². The summed E-state index contributed by atoms with van der Waals surface area (Å²) >= 11 is 0. The molecule has 4 rings (SSSR count). The average Bonchev–Trinajstić information content (AvgIpc) is 3.52. The molecule has 2 fully saturated rings. The molecule has 3 N–H and O–H groups in total. The van der Waals surface area contributed by atoms with E-state index in [4.69, 9.17) is 4.74 Å². The Balaban J connectivity index is 1.37. The molecule has 160 valence electrons. The number of hydrogen-bond acceptors (Lipinski definition) is 5. The number of ether oxygens (including phenoxy) is 1. The fourth-order valence-electron chi connectivity index (χ4n) is 3.57. The van der Waals surface area contributed by atoms with Gasteiger partial charge in [-0.05, 0) is 56.0 Å². The van der Waals surface area contributed by atoms with Gasteiger partial charge < -0.3 is 20.4 Å². The van der Waals surface area contributed by atoms with Crippen molar-refractivity contribution in [2.45, 2.75) is 36.7 Å². The van der Waals surface area contributed by atoms with Crippen LogP contribution in [0, 0.1) is 0 Å². The predicted molar refractivity (Wildman–Crippen MR) is 111 cm³/mol. The summed E-state index contributed by atoms with van der Waals surface area (Å²) in [6.07, 6.45) is 4.21. The largest absolute Gasteiger partial charge is 0.368 e. The minimum Gasteiger partial charge on any atom is -0.368 e. The van der Waals surface area contributed by atoms with Crippen LogP contribution in [-0.2, 0) is 19.6 Å². The Bertz CT molecular complexity index is 1020. The first-order valence-corrected chi connectivity index (χ1v) is 11.4. The van der Waals surface area contributed by atoms with E-state index in [1.54, 1.807) is 24.3 Å². The number of aromatic nitrogens is 1. The molecule has 2 aromatic rings. The molecule has 2 amide bonds. The van der Waals surface area contributed by atoms with E-state index in [2.05, 4.69) is 15.6 Å². The van der Waals surface area contributed by atoms with Gasteiger partial charge >= 0.3 is 0 Å². The second kappa shape index (κ2) is 8.58. The minimum atomic E-state index is -3.58. The van der Waals surface area contributed by atoms with Crippen molar-refractivity contribution in [1.82, 2.24) is 9.29 Å². The predicted octanol–water partition coefficient (Wildman–Crippen LogP) is 2.17. The molecule has 9 nitrogen and oxygen atoms in total. The Labute approximate surface area is 174 Å². The Hall–Kier alpha value is -2.69. The van der Waals surface area contributed by atoms with Crippen LogP contribution in [0.1, 0.15) is 36.2 Å². The zero-order valence-corrected chi connectivity index (χ0v) is 17.2. The summed E-state index contributed by atoms with van der Waals surface area (Å²) in [5.41, 5.74) is 1.28. The summed E-state index contributed by atoms with van der Waals surface area (Å²) in [4.78, 5) is 27.4. The summed E-state index contributed by atoms with van der Waals surface area (Å²) < 4.78 is 31.9. The van der Waals surface area contributed by atoms with Gasteiger partial charge in [-0.1, -0.05) is 0 Å². The minimum absolute atomic E-state index is 0.0849. The molecule has 2 aliphatic heterocycles. The van der Waals surface area contributed by atoms with E-state index >= 15 is 0 Å². The van der Waals surface area contributed by atoms with Gasteiger partial charge in [0.15, 0.2) is 0 Å². The SMILES string of the molecule is O=C(Nc1ccc(NC(=O)[C@@H]2CCCO2)cc1)c1cc(S(=O)(=O)N2CCCC2)c[nH]1. The Morgan fingerprint density at radius 1 is 1.03 bits per heavy atom. The highest BCUT2D eigenvalue weighted by Gasteiger charge is 2.28. The van der Waals surface area contributed by atoms with Gasteiger partial charge in [-0.15, -0.1) is 0 Å². The van der Waals surface area contributed by atoms with E-state index < -0.39 is 22.0 Å². The third kappa shape index (κ3) is 4.40. The number of benzene rings is 1. The first-order chi connectivity index (χ1) is 14.4. The number of sulfonamides is 1. The summed E-state index contributed by atoms with van der Waals surface area (Å²) in [7, 11) is -3.58. The monoisotopic (exact) mass is 432 g/mol. The second-order valence-electron chi connectivity index (χ2n) is 7.38. The summed E-state index contributed by atoms with van der Waals surface area (Å²) in [6.45, 7) is 1.61. The second-order valence-corrected chi connectivity index (χ2v) is 9.32. The van der Waals surface area contributed by atoms with E-state index in [9.17, 15) is 18.0 Å². The van der Waals surface area contributed by atoms with Crippen molar-refractivity contribution >= 4 is 33.2 Å². The normalized spacial score (nSPS) is 19.7. The number of amides is 2. The van der Waals surface area contributed by atoms with Crippen LogP contribution in [-0.4, -0.2) is 55.3 Å². The highest BCUT2D eigenvalue weighted by Crippen LogP contribution is 2.22. The molecule has 2 aliphatic rings. The zero-order valence-electron chi connectivity index (χ0n) is 16.4. The topological polar surface area (TPSA) is 121 Å². The molecular weight excluding hydrogens is 408 g/mol. The van der Waals surface area contributed by atoms with Crippen molar-refractivity contribution in [3.05, 3.63) is 42.2 Å². The highest BCUT2D eigenvalue weighted by atomic mass is 32.2. The van der Waals surface area contributed by atoms with Crippen LogP contribution in [0.2, 0.25) is 0 Å². The molecule has 0 bridgehead atoms. The van der Waals surface area contributed by atoms with Crippen LogP contribution in [0.3, 0.4) is 0 Å². The standard InChI is InChI=1S/C20H24N4O5S/c25-19(17-12-16(13-21-17)30(27,28)24-9-1-2-10-24)22-14-5-7-15(8-6-14)23-20(26)18-4-3-11-29-18/h5-8,12-13,18,21H,1-4,9-11H2,(H,22,25)(H,23,26)/t18-/m0/s1. The number of carbonyl (C=O) groups is 2. The van der Waals surface area contributed by atoms with E-state index in [1.807, 2.05) is 0 Å². The highest BCUT2D eigenvalue weighted by molar-refractivity contribution is 7.89. The van der Waals surface area contributed by atoms with Gasteiger partial charge in [-0.25, -0.2) is 8.42 Å². The third-order valence-electron chi connectivity index (χ3n) is 5.24. The van der Waals surface area contributed by atoms with Crippen molar-refractivity contribution < 1.29 is 22.7 Å². The Morgan fingerprint density at radius 3 is 2.33 bits per heavy atom. The molecule has 30 heavy (non-hydrogen) atoms. The van der Waals surface area contributed by atoms with Crippen LogP contribution >= 0.6 is 0 Å². The fraction of sp³-hybridized carbons (Fsp3) is 0.400. The zero-order chi connectivity index (χ0) is 21.1. The molecule has 0 aliphatic carbocycles. The molecule has 3 heterocycles. The van der Waals surface area contributed by atoms with Gasteiger partial charge in [0, 0.05) is 37.3 Å². The molecule has 0 spiro atoms. The third-order valence-corrected chi connectivity index (χ3v) is 7.11. The first kappa shape index (κ1) is 20.6. The lowest BCUT2D eigenvalue weighted by atomic mass is 10.2. The Morgan fingerprint density at radius 2 is 1.70 bits per heavy atom. The van der Waals surface area contributed by atoms with Gasteiger partial charge in [0.2, 0.25) is 10.0 Å². The number of hydrogen-bond donors (Lipinski definition) is 3. The van der Waals surface area contributed by atoms with E-state index in [0.717, 1.165) is 19.3 Å². The van der Waals surface area contributed by atoms with Gasteiger partial charge in [0.1, 0.15) is 16.7 Å². The maximum atomic E-state index is 12.6. The summed E-state index contributed by atoms with van der Waals surface area (Å²) in [6, 6.07) is 8.03. The number of anilines is 2. The number of carbonyl (C=O) groups excluding carboxylic acids is 2. The lowest BCUT2D eigenvalue weighted by Crippen LogP contribution is -2.27. The summed E-state index contributed by atoms with van der Waals surface area (Å²) in [5.74, 6) is -0.628. The molecule has 1 aromatic carbocycles. The first-order valence-electron chi connectivity index (χ1n) is 9.96. The van der Waals surface area contributed by atoms with Gasteiger partial charge in [-0.2, -0.15) is 4.31 Å². The van der Waals surface area contributed by atoms with Gasteiger partial charge in [0.05, 0.1) is 0 Å². The lowest BCUT2D eigenvalue weighted by Gasteiger charge is -2.13. The fourth-order valence-corrected chi connectivity index (χ4v) is 5.09. The van der Waals surface area contributed by atoms with Crippen molar-refractivity contribution in [3.8, 4) is 0 Å². The van der Waals surface area contributed by atoms with Crippen molar-refractivity contribution in [3.63, 3.8) is 0 Å². The average molecular weight is 433 g/mol. The molecule has 0 radical (unpaired) electrons. The van der Waals surface area contributed by atoms with Crippen LogP contribution in [0.15, 0.2) is 41.4 Å². The van der Waals surface area contributed by atoms with E-state index in [1.165, 1.54) is 16.6 Å². The van der Waals surface area contributed by atoms with Crippen LogP contribution < -0.4 is 10.6 Å². The molecule has 1 aromatic heterocycles. The molecule has 2 saturated heterocycles. The summed E-state index contributed by atoms with van der Waals surface area (Å²) in [5, 5.41) is 5.50. The number of rotatable bonds is 6. The Kier molecular flexibility index (Phi) is 5.89. The molecule has 0 unspecified atom stereocenters. The van der Waals surface area contributed by atoms with Gasteiger partial charge in [-0.3, -0.25) is 9.59 Å². The van der Waals surface area contributed by atoms with E-state index in [0.29, 0.717) is 37.5 Å². The van der Waals surface area contributed by atoms with Gasteiger partial charge in [0.25, 0.3) is 11.8 Å². The molecule has 1 atom stereocenters. The van der Waals surface area contributed by atoms with Crippen LogP contribution in [0.5, 0.6) is 0 Å². The molecule has 10 heteroatoms. The quantitative estimate of drug-likeness (QED) is 0.646. The number of nitrogens with one attached hydrogen (secondary N) is 3. The lowest BCUT2D eigenvalue weighted by molar-refractivity contribution is -0.124. The van der Waals surface area contributed by atoms with Crippen molar-refractivity contribution in [2.75, 3.05) is 30.3 Å². The van der Waals surface area contributed by atoms with Crippen LogP contribution in [0.25, 0.3) is 0 Å². The number of aromatic amines is 1. The van der Waals surface area contributed by atoms with Crippen molar-refractivity contribution in [2.24, 2.45) is 0 Å². The van der Waals surface area contributed by atoms with Crippen molar-refractivity contribution in [1.29, 1.82) is 0 Å².